The molecule has 1 aromatic rings. The molecule has 0 bridgehead atoms. The number of halogens is 2. The topological polar surface area (TPSA) is 67.5 Å². The molecule has 102 valence electrons. The average molecular weight is 293 g/mol. The van der Waals surface area contributed by atoms with Crippen molar-refractivity contribution in [3.63, 3.8) is 0 Å². The van der Waals surface area contributed by atoms with Crippen LogP contribution in [0.25, 0.3) is 0 Å². The van der Waals surface area contributed by atoms with E-state index in [0.717, 1.165) is 0 Å². The first-order valence-corrected chi connectivity index (χ1v) is 6.39. The predicted octanol–water partition coefficient (Wildman–Crippen LogP) is 1.97. The van der Waals surface area contributed by atoms with Gasteiger partial charge in [-0.2, -0.15) is 0 Å². The number of nitrogens with one attached hydrogen (secondary N) is 1. The SMILES string of the molecule is CNC(CCN)C(O)c1cc(Cl)cc(Cl)c1OC. The third-order valence-electron chi connectivity index (χ3n) is 2.79. The summed E-state index contributed by atoms with van der Waals surface area (Å²) >= 11 is 12.0. The highest BCUT2D eigenvalue weighted by Gasteiger charge is 2.24. The van der Waals surface area contributed by atoms with Crippen LogP contribution in [0, 0.1) is 0 Å². The zero-order valence-electron chi connectivity index (χ0n) is 10.4. The van der Waals surface area contributed by atoms with E-state index in [2.05, 4.69) is 5.32 Å². The van der Waals surface area contributed by atoms with E-state index in [9.17, 15) is 5.11 Å². The number of methoxy groups -OCH3 is 1. The molecular formula is C12H18Cl2N2O2. The van der Waals surface area contributed by atoms with Gasteiger partial charge in [-0.15, -0.1) is 0 Å². The monoisotopic (exact) mass is 292 g/mol. The molecule has 2 atom stereocenters. The van der Waals surface area contributed by atoms with E-state index in [1.54, 1.807) is 19.2 Å². The first-order valence-electron chi connectivity index (χ1n) is 5.63. The molecular weight excluding hydrogens is 275 g/mol. The van der Waals surface area contributed by atoms with E-state index in [1.165, 1.54) is 7.11 Å². The van der Waals surface area contributed by atoms with Gasteiger partial charge < -0.3 is 20.9 Å². The van der Waals surface area contributed by atoms with Gasteiger partial charge in [-0.25, -0.2) is 0 Å². The summed E-state index contributed by atoms with van der Waals surface area (Å²) in [5, 5.41) is 14.2. The first-order chi connectivity index (χ1) is 8.54. The third kappa shape index (κ3) is 3.49. The number of hydrogen-bond acceptors (Lipinski definition) is 4. The van der Waals surface area contributed by atoms with Crippen LogP contribution in [0.1, 0.15) is 18.1 Å². The number of likely N-dealkylation sites (N-methyl/N-ethyl adjacent to an activating group) is 1. The second-order valence-electron chi connectivity index (χ2n) is 3.93. The highest BCUT2D eigenvalue weighted by molar-refractivity contribution is 6.35. The maximum absolute atomic E-state index is 10.4. The summed E-state index contributed by atoms with van der Waals surface area (Å²) in [6, 6.07) is 3.05. The second kappa shape index (κ2) is 7.16. The second-order valence-corrected chi connectivity index (χ2v) is 4.77. The van der Waals surface area contributed by atoms with Gasteiger partial charge in [-0.05, 0) is 32.1 Å². The van der Waals surface area contributed by atoms with Gasteiger partial charge in [-0.1, -0.05) is 23.2 Å². The van der Waals surface area contributed by atoms with Crippen molar-refractivity contribution in [2.45, 2.75) is 18.6 Å². The Labute approximate surface area is 117 Å². The molecule has 0 aliphatic heterocycles. The highest BCUT2D eigenvalue weighted by atomic mass is 35.5. The molecule has 1 rings (SSSR count). The number of ether oxygens (including phenoxy) is 1. The van der Waals surface area contributed by atoms with Gasteiger partial charge >= 0.3 is 0 Å². The molecule has 4 N–H and O–H groups in total. The smallest absolute Gasteiger partial charge is 0.143 e. The summed E-state index contributed by atoms with van der Waals surface area (Å²) in [4.78, 5) is 0. The van der Waals surface area contributed by atoms with E-state index in [1.807, 2.05) is 0 Å². The van der Waals surface area contributed by atoms with Gasteiger partial charge in [0.25, 0.3) is 0 Å². The van der Waals surface area contributed by atoms with Crippen molar-refractivity contribution < 1.29 is 9.84 Å². The summed E-state index contributed by atoms with van der Waals surface area (Å²) in [7, 11) is 3.27. The standard InChI is InChI=1S/C12H18Cl2N2O2/c1-16-10(3-4-15)11(17)8-5-7(13)6-9(14)12(8)18-2/h5-6,10-11,16-17H,3-4,15H2,1-2H3. The number of benzene rings is 1. The maximum Gasteiger partial charge on any atom is 0.143 e. The zero-order chi connectivity index (χ0) is 13.7. The van der Waals surface area contributed by atoms with Gasteiger partial charge in [-0.3, -0.25) is 0 Å². The molecule has 0 aliphatic rings. The van der Waals surface area contributed by atoms with Crippen LogP contribution in [0.15, 0.2) is 12.1 Å². The van der Waals surface area contributed by atoms with Crippen LogP contribution in [-0.2, 0) is 0 Å². The fraction of sp³-hybridized carbons (Fsp3) is 0.500. The zero-order valence-corrected chi connectivity index (χ0v) is 11.9. The molecule has 0 heterocycles. The fourth-order valence-corrected chi connectivity index (χ4v) is 2.46. The molecule has 1 aromatic carbocycles. The Bertz CT molecular complexity index is 402. The lowest BCUT2D eigenvalue weighted by Crippen LogP contribution is -2.34. The van der Waals surface area contributed by atoms with E-state index in [-0.39, 0.29) is 6.04 Å². The molecule has 2 unspecified atom stereocenters. The molecule has 0 fully saturated rings. The number of hydrogen-bond donors (Lipinski definition) is 3. The molecule has 0 spiro atoms. The van der Waals surface area contributed by atoms with Crippen molar-refractivity contribution in [3.8, 4) is 5.75 Å². The van der Waals surface area contributed by atoms with E-state index in [4.69, 9.17) is 33.7 Å². The Morgan fingerprint density at radius 1 is 1.44 bits per heavy atom. The van der Waals surface area contributed by atoms with Crippen molar-refractivity contribution in [1.29, 1.82) is 0 Å². The van der Waals surface area contributed by atoms with Crippen molar-refractivity contribution >= 4 is 23.2 Å². The van der Waals surface area contributed by atoms with Crippen LogP contribution in [0.5, 0.6) is 5.75 Å². The van der Waals surface area contributed by atoms with Crippen LogP contribution < -0.4 is 15.8 Å². The van der Waals surface area contributed by atoms with Crippen LogP contribution in [-0.4, -0.2) is 31.9 Å². The van der Waals surface area contributed by atoms with Gasteiger partial charge in [0.15, 0.2) is 0 Å². The summed E-state index contributed by atoms with van der Waals surface area (Å²) < 4.78 is 5.22. The lowest BCUT2D eigenvalue weighted by molar-refractivity contribution is 0.126. The minimum atomic E-state index is -0.787. The molecule has 0 aromatic heterocycles. The largest absolute Gasteiger partial charge is 0.495 e. The summed E-state index contributed by atoms with van der Waals surface area (Å²) in [5.74, 6) is 0.436. The Kier molecular flexibility index (Phi) is 6.18. The highest BCUT2D eigenvalue weighted by Crippen LogP contribution is 2.37. The predicted molar refractivity (Wildman–Crippen MR) is 74.5 cm³/mol. The van der Waals surface area contributed by atoms with Gasteiger partial charge in [0.05, 0.1) is 18.2 Å². The quantitative estimate of drug-likeness (QED) is 0.750. The van der Waals surface area contributed by atoms with Crippen LogP contribution in [0.3, 0.4) is 0 Å². The van der Waals surface area contributed by atoms with Crippen molar-refractivity contribution in [2.75, 3.05) is 20.7 Å². The van der Waals surface area contributed by atoms with Gasteiger partial charge in [0.1, 0.15) is 5.75 Å². The molecule has 18 heavy (non-hydrogen) atoms. The summed E-state index contributed by atoms with van der Waals surface area (Å²) in [5.41, 5.74) is 6.07. The maximum atomic E-state index is 10.4. The van der Waals surface area contributed by atoms with Gasteiger partial charge in [0.2, 0.25) is 0 Å². The fourth-order valence-electron chi connectivity index (χ4n) is 1.87. The number of aliphatic hydroxyl groups excluding tert-OH is 1. The molecule has 0 saturated heterocycles. The number of nitrogens with two attached hydrogens (primary N) is 1. The molecule has 0 aliphatic carbocycles. The Hall–Kier alpha value is -0.520. The minimum absolute atomic E-state index is 0.182. The number of rotatable bonds is 6. The molecule has 0 saturated carbocycles. The Balaban J connectivity index is 3.13. The third-order valence-corrected chi connectivity index (χ3v) is 3.29. The van der Waals surface area contributed by atoms with E-state index >= 15 is 0 Å². The molecule has 6 heteroatoms. The lowest BCUT2D eigenvalue weighted by Gasteiger charge is -2.24. The summed E-state index contributed by atoms with van der Waals surface area (Å²) in [6.45, 7) is 0.471. The lowest BCUT2D eigenvalue weighted by atomic mass is 9.99. The molecule has 0 radical (unpaired) electrons. The normalized spacial score (nSPS) is 14.3. The van der Waals surface area contributed by atoms with Crippen LogP contribution in [0.2, 0.25) is 10.0 Å². The minimum Gasteiger partial charge on any atom is -0.495 e. The first kappa shape index (κ1) is 15.5. The van der Waals surface area contributed by atoms with E-state index < -0.39 is 6.10 Å². The van der Waals surface area contributed by atoms with Gasteiger partial charge in [0, 0.05) is 16.6 Å². The van der Waals surface area contributed by atoms with E-state index in [0.29, 0.717) is 34.3 Å². The van der Waals surface area contributed by atoms with Crippen molar-refractivity contribution in [2.24, 2.45) is 5.73 Å². The van der Waals surface area contributed by atoms with Crippen molar-refractivity contribution in [1.82, 2.24) is 5.32 Å². The molecule has 4 nitrogen and oxygen atoms in total. The van der Waals surface area contributed by atoms with Crippen molar-refractivity contribution in [3.05, 3.63) is 27.7 Å². The van der Waals surface area contributed by atoms with Crippen LogP contribution in [0.4, 0.5) is 0 Å². The number of aliphatic hydroxyl groups is 1. The molecule has 0 amide bonds. The average Bonchev–Trinajstić information content (AvgIpc) is 2.34. The Morgan fingerprint density at radius 3 is 2.61 bits per heavy atom. The summed E-state index contributed by atoms with van der Waals surface area (Å²) in [6.07, 6.45) is -0.157. The van der Waals surface area contributed by atoms with Crippen LogP contribution >= 0.6 is 23.2 Å². The Morgan fingerprint density at radius 2 is 2.11 bits per heavy atom.